The van der Waals surface area contributed by atoms with Crippen molar-refractivity contribution in [3.05, 3.63) is 47.8 Å². The van der Waals surface area contributed by atoms with Gasteiger partial charge in [-0.2, -0.15) is 0 Å². The molecule has 0 aliphatic carbocycles. The van der Waals surface area contributed by atoms with E-state index in [1.165, 1.54) is 0 Å². The van der Waals surface area contributed by atoms with Gasteiger partial charge in [0.2, 0.25) is 0 Å². The lowest BCUT2D eigenvalue weighted by atomic mass is 10.0. The molecule has 2 aromatic rings. The van der Waals surface area contributed by atoms with Crippen LogP contribution in [0.25, 0.3) is 11.4 Å². The number of carbonyl (C=O) groups excluding carboxylic acids is 1. The topological polar surface area (TPSA) is 81.3 Å². The van der Waals surface area contributed by atoms with Crippen LogP contribution in [0.4, 0.5) is 0 Å². The Balaban J connectivity index is 2.01. The Labute approximate surface area is 135 Å². The van der Waals surface area contributed by atoms with Crippen LogP contribution in [0, 0.1) is 6.92 Å². The molecule has 6 heteroatoms. The van der Waals surface area contributed by atoms with Gasteiger partial charge in [-0.1, -0.05) is 17.7 Å². The van der Waals surface area contributed by atoms with Gasteiger partial charge in [0.15, 0.2) is 5.82 Å². The molecule has 0 spiro atoms. The third-order valence-corrected chi connectivity index (χ3v) is 3.88. The molecule has 6 nitrogen and oxygen atoms in total. The zero-order valence-electron chi connectivity index (χ0n) is 13.1. The third-order valence-electron chi connectivity index (χ3n) is 3.88. The van der Waals surface area contributed by atoms with E-state index >= 15 is 0 Å². The van der Waals surface area contributed by atoms with Gasteiger partial charge in [-0.3, -0.25) is 4.79 Å². The van der Waals surface area contributed by atoms with Gasteiger partial charge in [0.05, 0.1) is 12.2 Å². The molecule has 0 radical (unpaired) electrons. The molecular weight excluding hydrogens is 292 g/mol. The van der Waals surface area contributed by atoms with E-state index in [1.54, 1.807) is 23.4 Å². The molecule has 1 amide bonds. The number of carbonyl (C=O) groups is 1. The number of aryl methyl sites for hydroxylation is 1. The van der Waals surface area contributed by atoms with Gasteiger partial charge in [0, 0.05) is 31.0 Å². The molecule has 1 aromatic carbocycles. The molecule has 0 bridgehead atoms. The van der Waals surface area contributed by atoms with Crippen molar-refractivity contribution >= 4 is 5.91 Å². The maximum atomic E-state index is 13.1. The van der Waals surface area contributed by atoms with Crippen LogP contribution in [0.15, 0.2) is 36.7 Å². The van der Waals surface area contributed by atoms with Crippen LogP contribution in [-0.4, -0.2) is 46.7 Å². The molecule has 1 aliphatic heterocycles. The Hall–Kier alpha value is -2.31. The van der Waals surface area contributed by atoms with Crippen molar-refractivity contribution < 1.29 is 9.53 Å². The largest absolute Gasteiger partial charge is 0.357 e. The summed E-state index contributed by atoms with van der Waals surface area (Å²) in [6, 6.07) is 7.47. The summed E-state index contributed by atoms with van der Waals surface area (Å²) in [6.07, 6.45) is 3.78. The molecule has 2 heterocycles. The molecular formula is C17H20N4O2. The molecule has 1 fully saturated rings. The summed E-state index contributed by atoms with van der Waals surface area (Å²) in [5.41, 5.74) is 8.06. The van der Waals surface area contributed by atoms with Crippen LogP contribution in [0.2, 0.25) is 0 Å². The quantitative estimate of drug-likeness (QED) is 0.931. The summed E-state index contributed by atoms with van der Waals surface area (Å²) in [7, 11) is 0. The van der Waals surface area contributed by atoms with Crippen LogP contribution >= 0.6 is 0 Å². The van der Waals surface area contributed by atoms with E-state index in [0.717, 1.165) is 17.5 Å². The number of hydrogen-bond donors (Lipinski definition) is 1. The molecule has 1 aromatic heterocycles. The second-order valence-corrected chi connectivity index (χ2v) is 5.53. The number of aromatic nitrogens is 2. The van der Waals surface area contributed by atoms with Crippen LogP contribution in [0.3, 0.4) is 0 Å². The van der Waals surface area contributed by atoms with E-state index in [4.69, 9.17) is 10.5 Å². The molecule has 23 heavy (non-hydrogen) atoms. The number of nitrogens with two attached hydrogens (primary N) is 1. The predicted octanol–water partition coefficient (Wildman–Crippen LogP) is 1.60. The first-order valence-electron chi connectivity index (χ1n) is 7.71. The van der Waals surface area contributed by atoms with Crippen molar-refractivity contribution in [1.29, 1.82) is 0 Å². The highest BCUT2D eigenvalue weighted by atomic mass is 16.5. The van der Waals surface area contributed by atoms with Gasteiger partial charge in [0.25, 0.3) is 5.91 Å². The van der Waals surface area contributed by atoms with E-state index in [0.29, 0.717) is 24.5 Å². The van der Waals surface area contributed by atoms with E-state index in [-0.39, 0.29) is 18.7 Å². The minimum atomic E-state index is -0.374. The Bertz CT molecular complexity index is 690. The lowest BCUT2D eigenvalue weighted by Gasteiger charge is -2.35. The Morgan fingerprint density at radius 3 is 2.91 bits per heavy atom. The zero-order valence-corrected chi connectivity index (χ0v) is 13.1. The number of benzene rings is 1. The predicted molar refractivity (Wildman–Crippen MR) is 86.7 cm³/mol. The van der Waals surface area contributed by atoms with Crippen LogP contribution in [0.5, 0.6) is 0 Å². The molecule has 3 rings (SSSR count). The fourth-order valence-corrected chi connectivity index (χ4v) is 2.74. The fourth-order valence-electron chi connectivity index (χ4n) is 2.74. The number of hydrogen-bond acceptors (Lipinski definition) is 5. The smallest absolute Gasteiger partial charge is 0.256 e. The molecule has 1 aliphatic rings. The maximum absolute atomic E-state index is 13.1. The van der Waals surface area contributed by atoms with Gasteiger partial charge in [0.1, 0.15) is 6.23 Å². The lowest BCUT2D eigenvalue weighted by Crippen LogP contribution is -2.50. The summed E-state index contributed by atoms with van der Waals surface area (Å²) in [4.78, 5) is 23.3. The molecule has 0 saturated carbocycles. The van der Waals surface area contributed by atoms with Gasteiger partial charge >= 0.3 is 0 Å². The SMILES string of the molecule is Cc1ccc(-c2ncccn2)c(C(=O)N2CCCOC2CN)c1. The summed E-state index contributed by atoms with van der Waals surface area (Å²) in [6.45, 7) is 3.52. The van der Waals surface area contributed by atoms with Crippen molar-refractivity contribution in [2.24, 2.45) is 5.73 Å². The second-order valence-electron chi connectivity index (χ2n) is 5.53. The minimum absolute atomic E-state index is 0.0914. The summed E-state index contributed by atoms with van der Waals surface area (Å²) >= 11 is 0. The van der Waals surface area contributed by atoms with Crippen molar-refractivity contribution in [3.63, 3.8) is 0 Å². The number of amides is 1. The Morgan fingerprint density at radius 1 is 1.39 bits per heavy atom. The average molecular weight is 312 g/mol. The van der Waals surface area contributed by atoms with Gasteiger partial charge in [-0.15, -0.1) is 0 Å². The fraction of sp³-hybridized carbons (Fsp3) is 0.353. The monoisotopic (exact) mass is 312 g/mol. The number of ether oxygens (including phenoxy) is 1. The average Bonchev–Trinajstić information content (AvgIpc) is 2.61. The first-order chi connectivity index (χ1) is 11.2. The van der Waals surface area contributed by atoms with Crippen LogP contribution < -0.4 is 5.73 Å². The van der Waals surface area contributed by atoms with E-state index in [9.17, 15) is 4.79 Å². The second kappa shape index (κ2) is 6.85. The number of rotatable bonds is 3. The number of nitrogens with zero attached hydrogens (tertiary/aromatic N) is 3. The highest BCUT2D eigenvalue weighted by Gasteiger charge is 2.29. The summed E-state index contributed by atoms with van der Waals surface area (Å²) in [5, 5.41) is 0. The minimum Gasteiger partial charge on any atom is -0.357 e. The molecule has 1 atom stereocenters. The molecule has 1 unspecified atom stereocenters. The van der Waals surface area contributed by atoms with Gasteiger partial charge in [-0.25, -0.2) is 9.97 Å². The van der Waals surface area contributed by atoms with Crippen molar-refractivity contribution in [1.82, 2.24) is 14.9 Å². The zero-order chi connectivity index (χ0) is 16.2. The molecule has 1 saturated heterocycles. The third kappa shape index (κ3) is 3.23. The van der Waals surface area contributed by atoms with E-state index < -0.39 is 0 Å². The standard InChI is InChI=1S/C17H20N4O2/c1-12-4-5-13(16-19-6-2-7-20-16)14(10-12)17(22)21-8-3-9-23-15(21)11-18/h2,4-7,10,15H,3,8-9,11,18H2,1H3. The van der Waals surface area contributed by atoms with Gasteiger partial charge in [-0.05, 0) is 25.5 Å². The Morgan fingerprint density at radius 2 is 2.17 bits per heavy atom. The maximum Gasteiger partial charge on any atom is 0.256 e. The van der Waals surface area contributed by atoms with Crippen molar-refractivity contribution in [2.45, 2.75) is 19.6 Å². The normalized spacial score (nSPS) is 18.0. The van der Waals surface area contributed by atoms with Crippen LogP contribution in [0.1, 0.15) is 22.3 Å². The van der Waals surface area contributed by atoms with Crippen LogP contribution in [-0.2, 0) is 4.74 Å². The first kappa shape index (κ1) is 15.6. The van der Waals surface area contributed by atoms with Crippen molar-refractivity contribution in [2.75, 3.05) is 19.7 Å². The molecule has 2 N–H and O–H groups in total. The van der Waals surface area contributed by atoms with E-state index in [1.807, 2.05) is 25.1 Å². The summed E-state index contributed by atoms with van der Waals surface area (Å²) in [5.74, 6) is 0.448. The Kier molecular flexibility index (Phi) is 4.64. The summed E-state index contributed by atoms with van der Waals surface area (Å²) < 4.78 is 5.61. The lowest BCUT2D eigenvalue weighted by molar-refractivity contribution is -0.0712. The van der Waals surface area contributed by atoms with E-state index in [2.05, 4.69) is 9.97 Å². The van der Waals surface area contributed by atoms with Crippen molar-refractivity contribution in [3.8, 4) is 11.4 Å². The molecule has 120 valence electrons. The van der Waals surface area contributed by atoms with Gasteiger partial charge < -0.3 is 15.4 Å². The highest BCUT2D eigenvalue weighted by Crippen LogP contribution is 2.24. The highest BCUT2D eigenvalue weighted by molar-refractivity contribution is 6.00. The first-order valence-corrected chi connectivity index (χ1v) is 7.71.